The Bertz CT molecular complexity index is 616. The number of sulfonamides is 1. The lowest BCUT2D eigenvalue weighted by atomic mass is 10.2. The van der Waals surface area contributed by atoms with Gasteiger partial charge in [0.2, 0.25) is 10.0 Å². The lowest BCUT2D eigenvalue weighted by molar-refractivity contribution is -0.0114. The summed E-state index contributed by atoms with van der Waals surface area (Å²) in [5.74, 6) is 0. The first kappa shape index (κ1) is 13.9. The summed E-state index contributed by atoms with van der Waals surface area (Å²) in [6.45, 7) is 0.881. The maximum atomic E-state index is 12.6. The molecule has 2 atom stereocenters. The first-order chi connectivity index (χ1) is 9.46. The average Bonchev–Trinajstić information content (AvgIpc) is 2.77. The summed E-state index contributed by atoms with van der Waals surface area (Å²) >= 11 is 4.86. The Balaban J connectivity index is 1.86. The molecule has 3 rings (SSSR count). The van der Waals surface area contributed by atoms with Crippen LogP contribution >= 0.6 is 12.2 Å². The molecule has 2 bridgehead atoms. The summed E-state index contributed by atoms with van der Waals surface area (Å²) in [5.41, 5.74) is 6.18. The molecule has 2 aliphatic rings. The Hall–Kier alpha value is -1.02. The predicted molar refractivity (Wildman–Crippen MR) is 79.0 cm³/mol. The summed E-state index contributed by atoms with van der Waals surface area (Å²) in [5, 5.41) is 0. The summed E-state index contributed by atoms with van der Waals surface area (Å²) in [6, 6.07) is 6.40. The van der Waals surface area contributed by atoms with Crippen molar-refractivity contribution in [3.05, 3.63) is 29.8 Å². The molecule has 5 nitrogen and oxygen atoms in total. The van der Waals surface area contributed by atoms with Gasteiger partial charge in [-0.25, -0.2) is 8.42 Å². The molecule has 0 saturated carbocycles. The van der Waals surface area contributed by atoms with Gasteiger partial charge >= 0.3 is 0 Å². The van der Waals surface area contributed by atoms with E-state index < -0.39 is 10.0 Å². The van der Waals surface area contributed by atoms with Crippen LogP contribution in [0.5, 0.6) is 0 Å². The number of hydrogen-bond acceptors (Lipinski definition) is 4. The van der Waals surface area contributed by atoms with E-state index in [-0.39, 0.29) is 22.1 Å². The van der Waals surface area contributed by atoms with Crippen molar-refractivity contribution < 1.29 is 13.2 Å². The van der Waals surface area contributed by atoms with Crippen LogP contribution in [0.25, 0.3) is 0 Å². The zero-order valence-corrected chi connectivity index (χ0v) is 12.5. The van der Waals surface area contributed by atoms with Crippen LogP contribution in [0.1, 0.15) is 18.4 Å². The second-order valence-corrected chi connectivity index (χ2v) is 7.55. The van der Waals surface area contributed by atoms with E-state index >= 15 is 0 Å². The van der Waals surface area contributed by atoms with Crippen molar-refractivity contribution in [2.24, 2.45) is 5.73 Å². The SMILES string of the molecule is NC(=S)c1ccc(S(=O)(=O)N2CC3CCC(C2)O3)cc1. The molecule has 1 aromatic carbocycles. The van der Waals surface area contributed by atoms with Crippen LogP contribution in [0.2, 0.25) is 0 Å². The first-order valence-electron chi connectivity index (χ1n) is 6.52. The van der Waals surface area contributed by atoms with Crippen LogP contribution in [0.15, 0.2) is 29.2 Å². The highest BCUT2D eigenvalue weighted by Crippen LogP contribution is 2.29. The number of fused-ring (bicyclic) bond motifs is 2. The van der Waals surface area contributed by atoms with E-state index in [1.165, 1.54) is 4.31 Å². The molecular formula is C13H16N2O3S2. The summed E-state index contributed by atoms with van der Waals surface area (Å²) in [6.07, 6.45) is 1.97. The smallest absolute Gasteiger partial charge is 0.243 e. The topological polar surface area (TPSA) is 72.6 Å². The first-order valence-corrected chi connectivity index (χ1v) is 8.37. The number of nitrogens with zero attached hydrogens (tertiary/aromatic N) is 1. The molecule has 2 heterocycles. The predicted octanol–water partition coefficient (Wildman–Crippen LogP) is 0.873. The van der Waals surface area contributed by atoms with E-state index in [4.69, 9.17) is 22.7 Å². The molecule has 20 heavy (non-hydrogen) atoms. The van der Waals surface area contributed by atoms with Crippen LogP contribution in [0.4, 0.5) is 0 Å². The van der Waals surface area contributed by atoms with Crippen molar-refractivity contribution in [1.82, 2.24) is 4.31 Å². The lowest BCUT2D eigenvalue weighted by Crippen LogP contribution is -2.45. The zero-order valence-electron chi connectivity index (χ0n) is 10.9. The molecule has 0 amide bonds. The molecule has 2 unspecified atom stereocenters. The standard InChI is InChI=1S/C13H16N2O3S2/c14-13(19)9-1-5-12(6-2-9)20(16,17)15-7-10-3-4-11(8-15)18-10/h1-2,5-6,10-11H,3-4,7-8H2,(H2,14,19). The number of thiocarbonyl (C=S) groups is 1. The molecule has 2 fully saturated rings. The number of benzene rings is 1. The number of ether oxygens (including phenoxy) is 1. The minimum Gasteiger partial charge on any atom is -0.389 e. The summed E-state index contributed by atoms with van der Waals surface area (Å²) < 4.78 is 32.4. The Labute approximate surface area is 123 Å². The molecule has 7 heteroatoms. The Morgan fingerprint density at radius 3 is 2.25 bits per heavy atom. The molecule has 2 N–H and O–H groups in total. The number of hydrogen-bond donors (Lipinski definition) is 1. The maximum absolute atomic E-state index is 12.6. The molecule has 0 radical (unpaired) electrons. The third kappa shape index (κ3) is 2.46. The Kier molecular flexibility index (Phi) is 3.53. The minimum absolute atomic E-state index is 0.0411. The quantitative estimate of drug-likeness (QED) is 0.839. The highest BCUT2D eigenvalue weighted by atomic mass is 32.2. The van der Waals surface area contributed by atoms with Crippen LogP contribution in [0.3, 0.4) is 0 Å². The van der Waals surface area contributed by atoms with Gasteiger partial charge in [-0.15, -0.1) is 0 Å². The molecular weight excluding hydrogens is 296 g/mol. The van der Waals surface area contributed by atoms with Gasteiger partial charge in [0, 0.05) is 18.7 Å². The average molecular weight is 312 g/mol. The van der Waals surface area contributed by atoms with Gasteiger partial charge in [-0.3, -0.25) is 0 Å². The Morgan fingerprint density at radius 2 is 1.75 bits per heavy atom. The number of morpholine rings is 1. The lowest BCUT2D eigenvalue weighted by Gasteiger charge is -2.31. The highest BCUT2D eigenvalue weighted by molar-refractivity contribution is 7.89. The monoisotopic (exact) mass is 312 g/mol. The van der Waals surface area contributed by atoms with E-state index in [1.54, 1.807) is 24.3 Å². The van der Waals surface area contributed by atoms with Gasteiger partial charge in [-0.1, -0.05) is 24.4 Å². The normalized spacial score (nSPS) is 26.6. The second-order valence-electron chi connectivity index (χ2n) is 5.17. The zero-order chi connectivity index (χ0) is 14.3. The van der Waals surface area contributed by atoms with Gasteiger partial charge in [0.15, 0.2) is 0 Å². The van der Waals surface area contributed by atoms with Crippen LogP contribution < -0.4 is 5.73 Å². The van der Waals surface area contributed by atoms with Crippen LogP contribution in [-0.2, 0) is 14.8 Å². The van der Waals surface area contributed by atoms with E-state index in [0.29, 0.717) is 18.7 Å². The fraction of sp³-hybridized carbons (Fsp3) is 0.462. The molecule has 108 valence electrons. The van der Waals surface area contributed by atoms with Gasteiger partial charge < -0.3 is 10.5 Å². The number of nitrogens with two attached hydrogens (primary N) is 1. The summed E-state index contributed by atoms with van der Waals surface area (Å²) in [7, 11) is -3.46. The summed E-state index contributed by atoms with van der Waals surface area (Å²) in [4.78, 5) is 0.539. The van der Waals surface area contributed by atoms with Crippen molar-refractivity contribution in [2.75, 3.05) is 13.1 Å². The van der Waals surface area contributed by atoms with Gasteiger partial charge in [-0.05, 0) is 25.0 Å². The third-order valence-electron chi connectivity index (χ3n) is 3.79. The van der Waals surface area contributed by atoms with Crippen molar-refractivity contribution in [1.29, 1.82) is 0 Å². The fourth-order valence-electron chi connectivity index (χ4n) is 2.71. The maximum Gasteiger partial charge on any atom is 0.243 e. The van der Waals surface area contributed by atoms with Crippen LogP contribution in [-0.4, -0.2) is 43.0 Å². The fourth-order valence-corrected chi connectivity index (χ4v) is 4.35. The van der Waals surface area contributed by atoms with Crippen LogP contribution in [0, 0.1) is 0 Å². The second kappa shape index (κ2) is 5.07. The van der Waals surface area contributed by atoms with Crippen molar-refractivity contribution in [2.45, 2.75) is 29.9 Å². The third-order valence-corrected chi connectivity index (χ3v) is 5.87. The van der Waals surface area contributed by atoms with E-state index in [9.17, 15) is 8.42 Å². The molecule has 0 aliphatic carbocycles. The minimum atomic E-state index is -3.46. The van der Waals surface area contributed by atoms with Gasteiger partial charge in [0.05, 0.1) is 17.1 Å². The van der Waals surface area contributed by atoms with Crippen molar-refractivity contribution >= 4 is 27.2 Å². The van der Waals surface area contributed by atoms with Gasteiger partial charge in [-0.2, -0.15) is 4.31 Å². The molecule has 2 aliphatic heterocycles. The molecule has 2 saturated heterocycles. The molecule has 0 aromatic heterocycles. The van der Waals surface area contributed by atoms with Gasteiger partial charge in [0.25, 0.3) is 0 Å². The van der Waals surface area contributed by atoms with E-state index in [2.05, 4.69) is 0 Å². The number of rotatable bonds is 3. The largest absolute Gasteiger partial charge is 0.389 e. The van der Waals surface area contributed by atoms with E-state index in [0.717, 1.165) is 12.8 Å². The molecule has 1 aromatic rings. The highest BCUT2D eigenvalue weighted by Gasteiger charge is 2.39. The van der Waals surface area contributed by atoms with Crippen molar-refractivity contribution in [3.8, 4) is 0 Å². The van der Waals surface area contributed by atoms with E-state index in [1.807, 2.05) is 0 Å². The molecule has 0 spiro atoms. The van der Waals surface area contributed by atoms with Gasteiger partial charge in [0.1, 0.15) is 4.99 Å². The van der Waals surface area contributed by atoms with Crippen molar-refractivity contribution in [3.63, 3.8) is 0 Å². The Morgan fingerprint density at radius 1 is 1.20 bits per heavy atom.